The second-order valence-electron chi connectivity index (χ2n) is 9.46. The molecule has 1 unspecified atom stereocenters. The van der Waals surface area contributed by atoms with E-state index in [2.05, 4.69) is 5.32 Å². The van der Waals surface area contributed by atoms with E-state index in [1.165, 1.54) is 61.5 Å². The number of hydrogen-bond donors (Lipinski definition) is 1. The van der Waals surface area contributed by atoms with E-state index >= 15 is 0 Å². The van der Waals surface area contributed by atoms with Crippen LogP contribution in [0.4, 0.5) is 10.1 Å². The Hall–Kier alpha value is -4.70. The Balaban J connectivity index is 1.77. The van der Waals surface area contributed by atoms with Gasteiger partial charge in [0.1, 0.15) is 24.2 Å². The van der Waals surface area contributed by atoms with Gasteiger partial charge in [-0.1, -0.05) is 66.7 Å². The monoisotopic (exact) mass is 589 g/mol. The van der Waals surface area contributed by atoms with Crippen LogP contribution >= 0.6 is 0 Å². The summed E-state index contributed by atoms with van der Waals surface area (Å²) < 4.78 is 48.8. The van der Waals surface area contributed by atoms with E-state index in [1.807, 2.05) is 30.3 Å². The fraction of sp³-hybridized carbons (Fsp3) is 0.188. The standard InChI is InChI=1S/C32H32FN3O5S/c1-34-32(38)30(21-24-11-5-3-6-12-24)35(22-25-13-9-10-16-29(25)33)31(37)23-36(26-14-7-4-8-15-26)42(39,40)28-19-17-27(41-2)18-20-28/h3-20,30H,21-23H2,1-2H3,(H,34,38). The van der Waals surface area contributed by atoms with Crippen molar-refractivity contribution in [3.8, 4) is 5.75 Å². The number of amides is 2. The predicted octanol–water partition coefficient (Wildman–Crippen LogP) is 4.42. The number of nitrogens with zero attached hydrogens (tertiary/aromatic N) is 2. The highest BCUT2D eigenvalue weighted by Gasteiger charge is 2.34. The van der Waals surface area contributed by atoms with Gasteiger partial charge >= 0.3 is 0 Å². The molecular weight excluding hydrogens is 557 g/mol. The third-order valence-corrected chi connectivity index (χ3v) is 8.57. The Kier molecular flexibility index (Phi) is 9.93. The maximum Gasteiger partial charge on any atom is 0.264 e. The van der Waals surface area contributed by atoms with Crippen LogP contribution in [0.25, 0.3) is 0 Å². The van der Waals surface area contributed by atoms with Crippen LogP contribution in [0.2, 0.25) is 0 Å². The fourth-order valence-corrected chi connectivity index (χ4v) is 5.94. The van der Waals surface area contributed by atoms with E-state index in [4.69, 9.17) is 4.74 Å². The molecule has 1 N–H and O–H groups in total. The van der Waals surface area contributed by atoms with Gasteiger partial charge in [0.15, 0.2) is 0 Å². The predicted molar refractivity (Wildman–Crippen MR) is 159 cm³/mol. The smallest absolute Gasteiger partial charge is 0.264 e. The molecule has 4 aromatic rings. The number of likely N-dealkylation sites (N-methyl/N-ethyl adjacent to an activating group) is 1. The van der Waals surface area contributed by atoms with Crippen molar-refractivity contribution in [3.63, 3.8) is 0 Å². The average Bonchev–Trinajstić information content (AvgIpc) is 3.02. The highest BCUT2D eigenvalue weighted by atomic mass is 32.2. The number of hydrogen-bond acceptors (Lipinski definition) is 5. The summed E-state index contributed by atoms with van der Waals surface area (Å²) in [5.41, 5.74) is 1.23. The van der Waals surface area contributed by atoms with E-state index in [0.717, 1.165) is 9.87 Å². The number of sulfonamides is 1. The number of rotatable bonds is 12. The highest BCUT2D eigenvalue weighted by molar-refractivity contribution is 7.92. The van der Waals surface area contributed by atoms with Gasteiger partial charge in [0, 0.05) is 25.6 Å². The normalized spacial score (nSPS) is 11.8. The van der Waals surface area contributed by atoms with Crippen LogP contribution in [-0.2, 0) is 32.6 Å². The van der Waals surface area contributed by atoms with Crippen LogP contribution < -0.4 is 14.4 Å². The van der Waals surface area contributed by atoms with E-state index in [1.54, 1.807) is 36.4 Å². The Labute approximate surface area is 245 Å². The van der Waals surface area contributed by atoms with Gasteiger partial charge in [-0.2, -0.15) is 0 Å². The molecule has 0 aliphatic carbocycles. The third kappa shape index (κ3) is 7.13. The average molecular weight is 590 g/mol. The van der Waals surface area contributed by atoms with Crippen molar-refractivity contribution in [2.45, 2.75) is 23.9 Å². The molecule has 0 aromatic heterocycles. The molecule has 0 heterocycles. The van der Waals surface area contributed by atoms with E-state index in [9.17, 15) is 22.4 Å². The minimum atomic E-state index is -4.24. The second-order valence-corrected chi connectivity index (χ2v) is 11.3. The molecule has 42 heavy (non-hydrogen) atoms. The van der Waals surface area contributed by atoms with E-state index < -0.39 is 40.2 Å². The highest BCUT2D eigenvalue weighted by Crippen LogP contribution is 2.26. The summed E-state index contributed by atoms with van der Waals surface area (Å²) in [6, 6.07) is 28.1. The number of ether oxygens (including phenoxy) is 1. The first-order chi connectivity index (χ1) is 20.2. The maximum absolute atomic E-state index is 14.8. The first-order valence-corrected chi connectivity index (χ1v) is 14.7. The maximum atomic E-state index is 14.8. The first-order valence-electron chi connectivity index (χ1n) is 13.2. The van der Waals surface area contributed by atoms with Crippen molar-refractivity contribution < 1.29 is 27.1 Å². The molecule has 10 heteroatoms. The molecule has 0 fully saturated rings. The summed E-state index contributed by atoms with van der Waals surface area (Å²) in [5.74, 6) is -1.21. The largest absolute Gasteiger partial charge is 0.497 e. The molecule has 4 rings (SSSR count). The van der Waals surface area contributed by atoms with Gasteiger partial charge in [-0.05, 0) is 48.0 Å². The molecule has 0 radical (unpaired) electrons. The summed E-state index contributed by atoms with van der Waals surface area (Å²) >= 11 is 0. The van der Waals surface area contributed by atoms with E-state index in [-0.39, 0.29) is 29.1 Å². The van der Waals surface area contributed by atoms with Gasteiger partial charge in [0.2, 0.25) is 11.8 Å². The summed E-state index contributed by atoms with van der Waals surface area (Å²) in [6.07, 6.45) is 0.136. The van der Waals surface area contributed by atoms with Gasteiger partial charge < -0.3 is 15.0 Å². The number of benzene rings is 4. The van der Waals surface area contributed by atoms with Crippen LogP contribution in [0.3, 0.4) is 0 Å². The zero-order valence-corrected chi connectivity index (χ0v) is 24.1. The summed E-state index contributed by atoms with van der Waals surface area (Å²) in [7, 11) is -1.32. The van der Waals surface area contributed by atoms with Crippen LogP contribution in [0.1, 0.15) is 11.1 Å². The topological polar surface area (TPSA) is 96.0 Å². The molecule has 0 bridgehead atoms. The van der Waals surface area contributed by atoms with Gasteiger partial charge in [-0.15, -0.1) is 0 Å². The second kappa shape index (κ2) is 13.8. The summed E-state index contributed by atoms with van der Waals surface area (Å²) in [6.45, 7) is -0.878. The lowest BCUT2D eigenvalue weighted by Crippen LogP contribution is -2.53. The van der Waals surface area contributed by atoms with Crippen molar-refractivity contribution in [2.24, 2.45) is 0 Å². The molecule has 0 spiro atoms. The van der Waals surface area contributed by atoms with Crippen molar-refractivity contribution in [2.75, 3.05) is 25.0 Å². The lowest BCUT2D eigenvalue weighted by molar-refractivity contribution is -0.139. The molecule has 4 aromatic carbocycles. The van der Waals surface area contributed by atoms with Gasteiger partial charge in [-0.3, -0.25) is 13.9 Å². The Morgan fingerprint density at radius 1 is 0.857 bits per heavy atom. The number of methoxy groups -OCH3 is 1. The van der Waals surface area contributed by atoms with Gasteiger partial charge in [0.05, 0.1) is 17.7 Å². The quantitative estimate of drug-likeness (QED) is 0.264. The minimum Gasteiger partial charge on any atom is -0.497 e. The molecule has 2 amide bonds. The van der Waals surface area contributed by atoms with Gasteiger partial charge in [0.25, 0.3) is 10.0 Å². The molecular formula is C32H32FN3O5S. The SMILES string of the molecule is CNC(=O)C(Cc1ccccc1)N(Cc1ccccc1F)C(=O)CN(c1ccccc1)S(=O)(=O)c1ccc(OC)cc1. The first kappa shape index (κ1) is 30.3. The van der Waals surface area contributed by atoms with Crippen LogP contribution in [0.15, 0.2) is 114 Å². The molecule has 8 nitrogen and oxygen atoms in total. The van der Waals surface area contributed by atoms with Crippen LogP contribution in [-0.4, -0.2) is 51.9 Å². The zero-order valence-electron chi connectivity index (χ0n) is 23.3. The third-order valence-electron chi connectivity index (χ3n) is 6.79. The van der Waals surface area contributed by atoms with Crippen LogP contribution in [0.5, 0.6) is 5.75 Å². The Morgan fingerprint density at radius 2 is 1.45 bits per heavy atom. The molecule has 1 atom stereocenters. The van der Waals surface area contributed by atoms with Crippen molar-refractivity contribution in [1.29, 1.82) is 0 Å². The number of halogens is 1. The summed E-state index contributed by atoms with van der Waals surface area (Å²) in [4.78, 5) is 28.6. The number of carbonyl (C=O) groups is 2. The fourth-order valence-electron chi connectivity index (χ4n) is 4.53. The summed E-state index contributed by atoms with van der Waals surface area (Å²) in [5, 5.41) is 2.60. The Morgan fingerprint density at radius 3 is 2.05 bits per heavy atom. The number of para-hydroxylation sites is 1. The molecule has 0 saturated carbocycles. The van der Waals surface area contributed by atoms with Crippen molar-refractivity contribution >= 4 is 27.5 Å². The lowest BCUT2D eigenvalue weighted by atomic mass is 10.0. The van der Waals surface area contributed by atoms with Gasteiger partial charge in [-0.25, -0.2) is 12.8 Å². The van der Waals surface area contributed by atoms with Crippen LogP contribution in [0, 0.1) is 5.82 Å². The van der Waals surface area contributed by atoms with Crippen molar-refractivity contribution in [3.05, 3.63) is 126 Å². The van der Waals surface area contributed by atoms with E-state index in [0.29, 0.717) is 5.75 Å². The molecule has 0 aliphatic heterocycles. The molecule has 218 valence electrons. The number of carbonyl (C=O) groups excluding carboxylic acids is 2. The zero-order chi connectivity index (χ0) is 30.1. The number of nitrogens with one attached hydrogen (secondary N) is 1. The van der Waals surface area contributed by atoms with Crippen molar-refractivity contribution in [1.82, 2.24) is 10.2 Å². The molecule has 0 saturated heterocycles. The number of anilines is 1. The lowest BCUT2D eigenvalue weighted by Gasteiger charge is -2.33. The molecule has 0 aliphatic rings. The minimum absolute atomic E-state index is 0.0484. The Bertz CT molecular complexity index is 1600.